The monoisotopic (exact) mass is 576 g/mol. The zero-order chi connectivity index (χ0) is 29.2. The Balaban J connectivity index is 1.51. The van der Waals surface area contributed by atoms with E-state index in [1.807, 2.05) is 37.3 Å². The first-order valence-electron chi connectivity index (χ1n) is 13.6. The lowest BCUT2D eigenvalue weighted by Gasteiger charge is -2.29. The molecule has 0 aliphatic carbocycles. The fourth-order valence-corrected chi connectivity index (χ4v) is 5.64. The van der Waals surface area contributed by atoms with E-state index in [2.05, 4.69) is 11.4 Å². The molecule has 3 aromatic rings. The van der Waals surface area contributed by atoms with Crippen molar-refractivity contribution in [3.05, 3.63) is 75.5 Å². The molecular formula is C31H36N4O5S. The van der Waals surface area contributed by atoms with Crippen LogP contribution in [0.3, 0.4) is 0 Å². The van der Waals surface area contributed by atoms with Gasteiger partial charge in [-0.2, -0.15) is 5.26 Å². The number of carbonyl (C=O) groups excluding carboxylic acids is 2. The van der Waals surface area contributed by atoms with Crippen molar-refractivity contribution < 1.29 is 23.8 Å². The van der Waals surface area contributed by atoms with Crippen LogP contribution in [0.2, 0.25) is 0 Å². The molecule has 1 atom stereocenters. The van der Waals surface area contributed by atoms with Crippen molar-refractivity contribution in [2.45, 2.75) is 38.8 Å². The minimum absolute atomic E-state index is 0.0973. The smallest absolute Gasteiger partial charge is 0.322 e. The predicted molar refractivity (Wildman–Crippen MR) is 158 cm³/mol. The van der Waals surface area contributed by atoms with Gasteiger partial charge in [0.2, 0.25) is 5.91 Å². The number of anilines is 1. The summed E-state index contributed by atoms with van der Waals surface area (Å²) in [6.45, 7) is 3.80. The third-order valence-electron chi connectivity index (χ3n) is 6.92. The molecule has 2 aromatic carbocycles. The molecule has 216 valence electrons. The van der Waals surface area contributed by atoms with Gasteiger partial charge in [0.05, 0.1) is 38.5 Å². The summed E-state index contributed by atoms with van der Waals surface area (Å²) in [7, 11) is 3.19. The van der Waals surface area contributed by atoms with E-state index in [1.54, 1.807) is 54.7 Å². The third kappa shape index (κ3) is 8.46. The van der Waals surface area contributed by atoms with E-state index in [9.17, 15) is 14.9 Å². The molecule has 2 heterocycles. The van der Waals surface area contributed by atoms with Crippen molar-refractivity contribution in [1.29, 1.82) is 5.26 Å². The number of aryl methyl sites for hydroxylation is 1. The van der Waals surface area contributed by atoms with E-state index in [-0.39, 0.29) is 18.6 Å². The number of hydrogen-bond acceptors (Lipinski definition) is 7. The SMILES string of the molecule is COc1ccc(CCN(Cc2ccc(C)s2)C(=O)CN(C[C@@H]2CCCO2)C(=O)Nc2cccc(C#N)c2)cc1OC. The fraction of sp³-hybridized carbons (Fsp3) is 0.387. The number of rotatable bonds is 12. The van der Waals surface area contributed by atoms with E-state index in [0.29, 0.717) is 55.4 Å². The quantitative estimate of drug-likeness (QED) is 0.317. The number of carbonyl (C=O) groups is 2. The molecule has 9 nitrogen and oxygen atoms in total. The Labute approximate surface area is 245 Å². The maximum absolute atomic E-state index is 13.8. The molecule has 1 aromatic heterocycles. The number of amides is 3. The number of hydrogen-bond donors (Lipinski definition) is 1. The Hall–Kier alpha value is -4.07. The molecule has 3 amide bonds. The minimum Gasteiger partial charge on any atom is -0.493 e. The molecule has 10 heteroatoms. The van der Waals surface area contributed by atoms with Crippen molar-refractivity contribution in [2.24, 2.45) is 0 Å². The largest absolute Gasteiger partial charge is 0.493 e. The lowest BCUT2D eigenvalue weighted by Crippen LogP contribution is -2.47. The van der Waals surface area contributed by atoms with E-state index in [4.69, 9.17) is 14.2 Å². The molecule has 0 radical (unpaired) electrons. The van der Waals surface area contributed by atoms with Gasteiger partial charge in [-0.3, -0.25) is 4.79 Å². The van der Waals surface area contributed by atoms with E-state index in [0.717, 1.165) is 23.3 Å². The number of urea groups is 1. The topological polar surface area (TPSA) is 104 Å². The van der Waals surface area contributed by atoms with Crippen molar-refractivity contribution in [3.8, 4) is 17.6 Å². The first-order chi connectivity index (χ1) is 19.9. The Morgan fingerprint density at radius 2 is 1.93 bits per heavy atom. The van der Waals surface area contributed by atoms with Gasteiger partial charge in [-0.1, -0.05) is 12.1 Å². The second kappa shape index (κ2) is 14.5. The van der Waals surface area contributed by atoms with E-state index in [1.165, 1.54) is 9.78 Å². The molecule has 0 spiro atoms. The Morgan fingerprint density at radius 3 is 2.61 bits per heavy atom. The predicted octanol–water partition coefficient (Wildman–Crippen LogP) is 5.23. The summed E-state index contributed by atoms with van der Waals surface area (Å²) < 4.78 is 16.6. The van der Waals surface area contributed by atoms with Crippen LogP contribution in [0.1, 0.15) is 33.7 Å². The second-order valence-corrected chi connectivity index (χ2v) is 11.3. The van der Waals surface area contributed by atoms with Crippen LogP contribution in [0.5, 0.6) is 11.5 Å². The second-order valence-electron chi connectivity index (χ2n) is 9.91. The lowest BCUT2D eigenvalue weighted by molar-refractivity contribution is -0.132. The van der Waals surface area contributed by atoms with Crippen LogP contribution in [0, 0.1) is 18.3 Å². The number of nitrogens with zero attached hydrogens (tertiary/aromatic N) is 3. The third-order valence-corrected chi connectivity index (χ3v) is 7.90. The van der Waals surface area contributed by atoms with Crippen LogP contribution in [0.25, 0.3) is 0 Å². The molecular weight excluding hydrogens is 540 g/mol. The van der Waals surface area contributed by atoms with Crippen molar-refractivity contribution >= 4 is 29.0 Å². The summed E-state index contributed by atoms with van der Waals surface area (Å²) in [6.07, 6.45) is 2.24. The van der Waals surface area contributed by atoms with Gasteiger partial charge in [0, 0.05) is 35.1 Å². The van der Waals surface area contributed by atoms with Gasteiger partial charge >= 0.3 is 6.03 Å². The zero-order valence-electron chi connectivity index (χ0n) is 23.7. The Kier molecular flexibility index (Phi) is 10.6. The highest BCUT2D eigenvalue weighted by Gasteiger charge is 2.27. The minimum atomic E-state index is -0.407. The van der Waals surface area contributed by atoms with Gasteiger partial charge in [0.25, 0.3) is 0 Å². The van der Waals surface area contributed by atoms with Gasteiger partial charge < -0.3 is 29.3 Å². The van der Waals surface area contributed by atoms with Crippen LogP contribution >= 0.6 is 11.3 Å². The van der Waals surface area contributed by atoms with Gasteiger partial charge in [-0.15, -0.1) is 11.3 Å². The highest BCUT2D eigenvalue weighted by Crippen LogP contribution is 2.28. The number of ether oxygens (including phenoxy) is 3. The van der Waals surface area contributed by atoms with Crippen LogP contribution in [-0.4, -0.2) is 68.3 Å². The van der Waals surface area contributed by atoms with Gasteiger partial charge in [-0.25, -0.2) is 4.79 Å². The van der Waals surface area contributed by atoms with Crippen molar-refractivity contribution in [2.75, 3.05) is 45.8 Å². The molecule has 41 heavy (non-hydrogen) atoms. The molecule has 0 saturated carbocycles. The van der Waals surface area contributed by atoms with Crippen molar-refractivity contribution in [1.82, 2.24) is 9.80 Å². The maximum Gasteiger partial charge on any atom is 0.322 e. The van der Waals surface area contributed by atoms with Crippen LogP contribution in [0.15, 0.2) is 54.6 Å². The van der Waals surface area contributed by atoms with Crippen LogP contribution < -0.4 is 14.8 Å². The molecule has 4 rings (SSSR count). The summed E-state index contributed by atoms with van der Waals surface area (Å²) >= 11 is 1.65. The molecule has 0 bridgehead atoms. The average molecular weight is 577 g/mol. The molecule has 1 saturated heterocycles. The zero-order valence-corrected chi connectivity index (χ0v) is 24.5. The summed E-state index contributed by atoms with van der Waals surface area (Å²) in [5.41, 5.74) is 1.95. The fourth-order valence-electron chi connectivity index (χ4n) is 4.74. The Bertz CT molecular complexity index is 1380. The number of methoxy groups -OCH3 is 2. The number of thiophene rings is 1. The lowest BCUT2D eigenvalue weighted by atomic mass is 10.1. The average Bonchev–Trinajstić information content (AvgIpc) is 3.66. The van der Waals surface area contributed by atoms with Crippen LogP contribution in [-0.2, 0) is 22.5 Å². The van der Waals surface area contributed by atoms with Crippen molar-refractivity contribution in [3.63, 3.8) is 0 Å². The van der Waals surface area contributed by atoms with E-state index < -0.39 is 6.03 Å². The summed E-state index contributed by atoms with van der Waals surface area (Å²) in [6, 6.07) is 18.2. The highest BCUT2D eigenvalue weighted by atomic mass is 32.1. The van der Waals surface area contributed by atoms with Gasteiger partial charge in [-0.05, 0) is 74.2 Å². The Morgan fingerprint density at radius 1 is 1.10 bits per heavy atom. The number of benzene rings is 2. The first kappa shape index (κ1) is 29.9. The molecule has 1 aliphatic rings. The first-order valence-corrected chi connectivity index (χ1v) is 14.4. The molecule has 1 N–H and O–H groups in total. The summed E-state index contributed by atoms with van der Waals surface area (Å²) in [5.74, 6) is 1.13. The summed E-state index contributed by atoms with van der Waals surface area (Å²) in [5, 5.41) is 12.1. The summed E-state index contributed by atoms with van der Waals surface area (Å²) in [4.78, 5) is 32.8. The standard InChI is InChI=1S/C31H36N4O5S/c1-22-9-11-27(41-22)20-34(14-13-23-10-12-28(38-2)29(17-23)39-3)30(36)21-35(19-26-8-5-15-40-26)31(37)33-25-7-4-6-24(16-25)18-32/h4,6-7,9-12,16-17,26H,5,8,13-15,19-21H2,1-3H3,(H,33,37)/t26-/m0/s1. The van der Waals surface area contributed by atoms with E-state index >= 15 is 0 Å². The highest BCUT2D eigenvalue weighted by molar-refractivity contribution is 7.11. The molecule has 1 aliphatic heterocycles. The van der Waals surface area contributed by atoms with Gasteiger partial charge in [0.1, 0.15) is 6.54 Å². The van der Waals surface area contributed by atoms with Crippen LogP contribution in [0.4, 0.5) is 10.5 Å². The molecule has 0 unspecified atom stereocenters. The molecule has 1 fully saturated rings. The number of nitriles is 1. The normalized spacial score (nSPS) is 14.2. The van der Waals surface area contributed by atoms with Gasteiger partial charge in [0.15, 0.2) is 11.5 Å². The maximum atomic E-state index is 13.8. The number of nitrogens with one attached hydrogen (secondary N) is 1.